The minimum absolute atomic E-state index is 0.0861. The minimum Gasteiger partial charge on any atom is -0.463 e. The van der Waals surface area contributed by atoms with Crippen molar-refractivity contribution in [2.24, 2.45) is 0 Å². The maximum absolute atomic E-state index is 13.7. The fourth-order valence-corrected chi connectivity index (χ4v) is 5.87. The number of carbonyl (C=O) groups is 5. The van der Waals surface area contributed by atoms with Crippen molar-refractivity contribution in [2.75, 3.05) is 6.61 Å². The molecule has 216 valence electrons. The van der Waals surface area contributed by atoms with Gasteiger partial charge in [-0.15, -0.1) is 0 Å². The van der Waals surface area contributed by atoms with Gasteiger partial charge in [0.15, 0.2) is 28.9 Å². The SMILES string of the molecule is CC(=O)OCC1OC(N2C(=O)C(=Cc3ccc4ccccc4c3)SC2=S)C(OC(C)=O)C(OC(C)=O)C1OC(C)=O. The van der Waals surface area contributed by atoms with Gasteiger partial charge >= 0.3 is 23.9 Å². The molecule has 0 radical (unpaired) electrons. The Morgan fingerprint density at radius 3 is 2.12 bits per heavy atom. The predicted molar refractivity (Wildman–Crippen MR) is 151 cm³/mol. The van der Waals surface area contributed by atoms with Gasteiger partial charge < -0.3 is 23.7 Å². The Kier molecular flexibility index (Phi) is 9.41. The molecule has 0 spiro atoms. The van der Waals surface area contributed by atoms with Gasteiger partial charge in [-0.25, -0.2) is 0 Å². The molecule has 2 heterocycles. The zero-order chi connectivity index (χ0) is 29.8. The molecule has 2 aromatic rings. The fourth-order valence-electron chi connectivity index (χ4n) is 4.56. The molecule has 0 bridgehead atoms. The average Bonchev–Trinajstić information content (AvgIpc) is 3.16. The van der Waals surface area contributed by atoms with Crippen molar-refractivity contribution in [3.8, 4) is 0 Å². The van der Waals surface area contributed by atoms with Crippen molar-refractivity contribution in [1.82, 2.24) is 4.90 Å². The summed E-state index contributed by atoms with van der Waals surface area (Å²) < 4.78 is 27.6. The Hall–Kier alpha value is -3.81. The lowest BCUT2D eigenvalue weighted by atomic mass is 9.96. The van der Waals surface area contributed by atoms with Crippen LogP contribution < -0.4 is 0 Å². The van der Waals surface area contributed by atoms with Crippen LogP contribution >= 0.6 is 24.0 Å². The molecule has 2 aromatic carbocycles. The largest absolute Gasteiger partial charge is 0.463 e. The van der Waals surface area contributed by atoms with E-state index in [-0.39, 0.29) is 9.23 Å². The Morgan fingerprint density at radius 1 is 0.878 bits per heavy atom. The predicted octanol–water partition coefficient (Wildman–Crippen LogP) is 3.12. The van der Waals surface area contributed by atoms with E-state index in [1.807, 2.05) is 42.5 Å². The number of carbonyl (C=O) groups excluding carboxylic acids is 5. The number of fused-ring (bicyclic) bond motifs is 1. The van der Waals surface area contributed by atoms with Crippen molar-refractivity contribution in [3.63, 3.8) is 0 Å². The maximum Gasteiger partial charge on any atom is 0.303 e. The zero-order valence-corrected chi connectivity index (χ0v) is 24.2. The minimum atomic E-state index is -1.45. The number of thioether (sulfide) groups is 1. The van der Waals surface area contributed by atoms with Crippen molar-refractivity contribution in [2.45, 2.75) is 58.3 Å². The molecule has 4 rings (SSSR count). The number of ether oxygens (including phenoxy) is 5. The first-order valence-electron chi connectivity index (χ1n) is 12.5. The van der Waals surface area contributed by atoms with Gasteiger partial charge in [-0.05, 0) is 28.5 Å². The summed E-state index contributed by atoms with van der Waals surface area (Å²) in [5.41, 5.74) is 0.755. The maximum atomic E-state index is 13.7. The number of nitrogens with zero attached hydrogens (tertiary/aromatic N) is 1. The summed E-state index contributed by atoms with van der Waals surface area (Å²) in [5, 5.41) is 2.02. The van der Waals surface area contributed by atoms with Crippen molar-refractivity contribution >= 4 is 74.9 Å². The molecule has 0 N–H and O–H groups in total. The smallest absolute Gasteiger partial charge is 0.303 e. The van der Waals surface area contributed by atoms with Gasteiger partial charge in [-0.1, -0.05) is 60.4 Å². The van der Waals surface area contributed by atoms with E-state index in [4.69, 9.17) is 35.9 Å². The second-order valence-corrected chi connectivity index (χ2v) is 10.9. The molecular formula is C28H27NO10S2. The summed E-state index contributed by atoms with van der Waals surface area (Å²) in [4.78, 5) is 62.9. The molecule has 0 saturated carbocycles. The van der Waals surface area contributed by atoms with Gasteiger partial charge in [-0.2, -0.15) is 0 Å². The average molecular weight is 602 g/mol. The number of hydrogen-bond donors (Lipinski definition) is 0. The highest BCUT2D eigenvalue weighted by molar-refractivity contribution is 8.26. The summed E-state index contributed by atoms with van der Waals surface area (Å²) in [5.74, 6) is -3.51. The Morgan fingerprint density at radius 2 is 1.49 bits per heavy atom. The molecule has 41 heavy (non-hydrogen) atoms. The summed E-state index contributed by atoms with van der Waals surface area (Å²) in [6.45, 7) is 4.12. The summed E-state index contributed by atoms with van der Waals surface area (Å²) >= 11 is 6.55. The first kappa shape index (κ1) is 30.2. The standard InChI is InChI=1S/C28H27NO10S2/c1-14(30)35-13-21-23(36-15(2)31)24(37-16(3)32)25(38-17(4)33)27(39-21)29-26(34)22(41-28(29)40)12-18-9-10-19-7-5-6-8-20(19)11-18/h5-12,21,23-25,27H,13H2,1-4H3. The van der Waals surface area contributed by atoms with Crippen LogP contribution in [0.1, 0.15) is 33.3 Å². The van der Waals surface area contributed by atoms with Crippen molar-refractivity contribution < 1.29 is 47.7 Å². The van der Waals surface area contributed by atoms with Gasteiger partial charge in [0.2, 0.25) is 0 Å². The van der Waals surface area contributed by atoms with Gasteiger partial charge in [0.1, 0.15) is 12.7 Å². The molecule has 2 aliphatic heterocycles. The summed E-state index contributed by atoms with van der Waals surface area (Å²) in [6, 6.07) is 13.5. The second-order valence-electron chi connectivity index (χ2n) is 9.25. The van der Waals surface area contributed by atoms with Crippen LogP contribution in [-0.4, -0.2) is 76.3 Å². The molecule has 2 aliphatic rings. The van der Waals surface area contributed by atoms with E-state index < -0.39 is 67.0 Å². The number of benzene rings is 2. The summed E-state index contributed by atoms with van der Waals surface area (Å²) in [6.07, 6.45) is -5.16. The van der Waals surface area contributed by atoms with Gasteiger partial charge in [0.05, 0.1) is 4.91 Å². The zero-order valence-electron chi connectivity index (χ0n) is 22.6. The number of hydrogen-bond acceptors (Lipinski definition) is 12. The number of rotatable bonds is 7. The van der Waals surface area contributed by atoms with Gasteiger partial charge in [0, 0.05) is 27.7 Å². The van der Waals surface area contributed by atoms with Crippen LogP contribution in [0.15, 0.2) is 47.4 Å². The second kappa shape index (κ2) is 12.8. The van der Waals surface area contributed by atoms with E-state index in [0.29, 0.717) is 0 Å². The van der Waals surface area contributed by atoms with Crippen molar-refractivity contribution in [1.29, 1.82) is 0 Å². The lowest BCUT2D eigenvalue weighted by molar-refractivity contribution is -0.268. The fraction of sp³-hybridized carbons (Fsp3) is 0.357. The highest BCUT2D eigenvalue weighted by Gasteiger charge is 2.56. The third-order valence-corrected chi connectivity index (χ3v) is 7.45. The van der Waals surface area contributed by atoms with E-state index in [1.54, 1.807) is 6.08 Å². The molecule has 5 atom stereocenters. The van der Waals surface area contributed by atoms with Crippen LogP contribution in [0.3, 0.4) is 0 Å². The highest BCUT2D eigenvalue weighted by atomic mass is 32.2. The highest BCUT2D eigenvalue weighted by Crippen LogP contribution is 2.39. The normalized spacial score (nSPS) is 25.2. The molecule has 0 aromatic heterocycles. The van der Waals surface area contributed by atoms with E-state index in [2.05, 4.69) is 0 Å². The third-order valence-electron chi connectivity index (χ3n) is 6.12. The summed E-state index contributed by atoms with van der Waals surface area (Å²) in [7, 11) is 0. The number of thiocarbonyl (C=S) groups is 1. The first-order chi connectivity index (χ1) is 19.4. The van der Waals surface area contributed by atoms with E-state index >= 15 is 0 Å². The quantitative estimate of drug-likeness (QED) is 0.200. The molecule has 1 amide bonds. The molecule has 2 fully saturated rings. The number of amides is 1. The van der Waals surface area contributed by atoms with Crippen molar-refractivity contribution in [3.05, 3.63) is 52.9 Å². The molecule has 5 unspecified atom stereocenters. The lowest BCUT2D eigenvalue weighted by Gasteiger charge is -2.46. The number of esters is 4. The third kappa shape index (κ3) is 7.10. The van der Waals surface area contributed by atoms with Crippen LogP contribution in [0.2, 0.25) is 0 Å². The van der Waals surface area contributed by atoms with E-state index in [0.717, 1.165) is 53.8 Å². The molecule has 0 aliphatic carbocycles. The van der Waals surface area contributed by atoms with Crippen LogP contribution in [0.25, 0.3) is 16.8 Å². The van der Waals surface area contributed by atoms with Crippen LogP contribution in [-0.2, 0) is 47.7 Å². The van der Waals surface area contributed by atoms with E-state index in [1.165, 1.54) is 6.92 Å². The van der Waals surface area contributed by atoms with Gasteiger partial charge in [-0.3, -0.25) is 28.9 Å². The topological polar surface area (TPSA) is 135 Å². The monoisotopic (exact) mass is 601 g/mol. The Bertz CT molecular complexity index is 1440. The van der Waals surface area contributed by atoms with Crippen LogP contribution in [0, 0.1) is 0 Å². The van der Waals surface area contributed by atoms with E-state index in [9.17, 15) is 24.0 Å². The van der Waals surface area contributed by atoms with Crippen LogP contribution in [0.4, 0.5) is 0 Å². The Labute approximate surface area is 245 Å². The molecule has 11 nitrogen and oxygen atoms in total. The first-order valence-corrected chi connectivity index (χ1v) is 13.7. The Balaban J connectivity index is 1.73. The molecular weight excluding hydrogens is 574 g/mol. The van der Waals surface area contributed by atoms with Crippen LogP contribution in [0.5, 0.6) is 0 Å². The molecule has 13 heteroatoms. The lowest BCUT2D eigenvalue weighted by Crippen LogP contribution is -2.66. The molecule has 2 saturated heterocycles. The van der Waals surface area contributed by atoms with Gasteiger partial charge in [0.25, 0.3) is 5.91 Å².